The Balaban J connectivity index is 0.00000108. The normalized spacial score (nSPS) is 14.0. The van der Waals surface area contributed by atoms with Gasteiger partial charge in [-0.05, 0) is 29.7 Å². The lowest BCUT2D eigenvalue weighted by Crippen LogP contribution is -2.48. The molecule has 0 unspecified atom stereocenters. The van der Waals surface area contributed by atoms with Gasteiger partial charge in [-0.2, -0.15) is 0 Å². The number of nitrogens with zero attached hydrogens (tertiary/aromatic N) is 2. The van der Waals surface area contributed by atoms with Gasteiger partial charge in [0.1, 0.15) is 22.7 Å². The Morgan fingerprint density at radius 1 is 1.17 bits per heavy atom. The van der Waals surface area contributed by atoms with Crippen LogP contribution < -0.4 is 5.32 Å². The number of aromatic nitrogens is 1. The Kier molecular flexibility index (Phi) is 9.24. The van der Waals surface area contributed by atoms with E-state index in [9.17, 15) is 21.6 Å². The van der Waals surface area contributed by atoms with Crippen LogP contribution in [0.15, 0.2) is 52.2 Å². The number of halogens is 3. The number of benzene rings is 2. The predicted molar refractivity (Wildman–Crippen MR) is 127 cm³/mol. The van der Waals surface area contributed by atoms with Gasteiger partial charge in [0.05, 0.1) is 17.0 Å². The highest BCUT2D eigenvalue weighted by atomic mass is 32.2. The van der Waals surface area contributed by atoms with Crippen LogP contribution >= 0.6 is 11.3 Å². The number of carboxylic acid groups (broad SMARTS) is 1. The highest BCUT2D eigenvalue weighted by Gasteiger charge is 2.27. The summed E-state index contributed by atoms with van der Waals surface area (Å²) in [7, 11) is -4.22. The second-order valence-electron chi connectivity index (χ2n) is 7.84. The fourth-order valence-electron chi connectivity index (χ4n) is 3.67. The monoisotopic (exact) mass is 527 g/mol. The number of hydrogen-bond acceptors (Lipinski definition) is 7. The minimum atomic E-state index is -4.22. The Morgan fingerprint density at radius 3 is 2.37 bits per heavy atom. The van der Waals surface area contributed by atoms with Gasteiger partial charge in [-0.25, -0.2) is 26.6 Å². The summed E-state index contributed by atoms with van der Waals surface area (Å²) in [5, 5.41) is 11.4. The van der Waals surface area contributed by atoms with Crippen molar-refractivity contribution in [1.82, 2.24) is 9.88 Å². The van der Waals surface area contributed by atoms with Crippen LogP contribution in [0.1, 0.15) is 16.8 Å². The molecule has 0 amide bonds. The number of alkyl halides is 1. The second-order valence-corrected chi connectivity index (χ2v) is 10.5. The number of sulfone groups is 1. The summed E-state index contributed by atoms with van der Waals surface area (Å²) in [6, 6.07) is 9.64. The van der Waals surface area contributed by atoms with Crippen LogP contribution in [0.25, 0.3) is 0 Å². The first kappa shape index (κ1) is 26.6. The van der Waals surface area contributed by atoms with Gasteiger partial charge in [-0.15, -0.1) is 11.3 Å². The molecule has 35 heavy (non-hydrogen) atoms. The van der Waals surface area contributed by atoms with Gasteiger partial charge in [-0.3, -0.25) is 9.69 Å². The molecule has 0 saturated carbocycles. The number of carbonyl (C=O) groups is 1. The molecule has 1 aliphatic heterocycles. The maximum Gasteiger partial charge on any atom is 0.290 e. The van der Waals surface area contributed by atoms with Crippen molar-refractivity contribution in [2.75, 3.05) is 25.0 Å². The molecule has 0 atom stereocenters. The van der Waals surface area contributed by atoms with E-state index in [0.29, 0.717) is 19.6 Å². The summed E-state index contributed by atoms with van der Waals surface area (Å²) in [5.74, 6) is -2.85. The van der Waals surface area contributed by atoms with Crippen molar-refractivity contribution < 1.29 is 31.5 Å². The van der Waals surface area contributed by atoms with Gasteiger partial charge < -0.3 is 10.4 Å². The summed E-state index contributed by atoms with van der Waals surface area (Å²) >= 11 is 1.21. The number of likely N-dealkylation sites (tertiary alicyclic amines) is 1. The zero-order chi connectivity index (χ0) is 25.4. The Bertz CT molecular complexity index is 1210. The molecule has 3 aromatic rings. The molecule has 0 bridgehead atoms. The third-order valence-corrected chi connectivity index (χ3v) is 7.67. The molecule has 0 aliphatic carbocycles. The largest absolute Gasteiger partial charge is 0.483 e. The quantitative estimate of drug-likeness (QED) is 0.407. The van der Waals surface area contributed by atoms with Gasteiger partial charge in [0.2, 0.25) is 0 Å². The van der Waals surface area contributed by atoms with Crippen molar-refractivity contribution in [3.63, 3.8) is 0 Å². The zero-order valence-electron chi connectivity index (χ0n) is 18.5. The van der Waals surface area contributed by atoms with E-state index >= 15 is 0 Å². The fourth-order valence-corrected chi connectivity index (χ4v) is 5.74. The molecule has 188 valence electrons. The number of hydrogen-bond donors (Lipinski definition) is 2. The first-order chi connectivity index (χ1) is 16.7. The molecule has 2 N–H and O–H groups in total. The molecular formula is C23H24F3N3O4S2. The molecule has 0 spiro atoms. The van der Waals surface area contributed by atoms with Gasteiger partial charge in [0, 0.05) is 37.2 Å². The van der Waals surface area contributed by atoms with Crippen molar-refractivity contribution in [2.45, 2.75) is 29.8 Å². The average Bonchev–Trinajstić information content (AvgIpc) is 3.27. The van der Waals surface area contributed by atoms with E-state index in [-0.39, 0.29) is 17.9 Å². The molecule has 1 fully saturated rings. The first-order valence-corrected chi connectivity index (χ1v) is 13.2. The lowest BCUT2D eigenvalue weighted by molar-refractivity contribution is -0.122. The number of nitrogens with one attached hydrogen (secondary N) is 1. The predicted octanol–water partition coefficient (Wildman–Crippen LogP) is 3.90. The highest BCUT2D eigenvalue weighted by molar-refractivity contribution is 7.90. The summed E-state index contributed by atoms with van der Waals surface area (Å²) in [6.07, 6.45) is -0.00818. The third kappa shape index (κ3) is 7.26. The molecule has 7 nitrogen and oxygen atoms in total. The molecule has 2 aromatic carbocycles. The van der Waals surface area contributed by atoms with E-state index in [1.165, 1.54) is 22.2 Å². The van der Waals surface area contributed by atoms with Crippen molar-refractivity contribution in [3.05, 3.63) is 75.7 Å². The van der Waals surface area contributed by atoms with Gasteiger partial charge in [-0.1, -0.05) is 24.3 Å². The van der Waals surface area contributed by atoms with Gasteiger partial charge >= 0.3 is 0 Å². The van der Waals surface area contributed by atoms with E-state index in [4.69, 9.17) is 9.90 Å². The van der Waals surface area contributed by atoms with Gasteiger partial charge in [0.25, 0.3) is 6.47 Å². The van der Waals surface area contributed by atoms with Crippen molar-refractivity contribution in [3.8, 4) is 0 Å². The molecule has 2 heterocycles. The zero-order valence-corrected chi connectivity index (χ0v) is 20.2. The van der Waals surface area contributed by atoms with E-state index in [0.717, 1.165) is 36.2 Å². The molecule has 1 aliphatic rings. The summed E-state index contributed by atoms with van der Waals surface area (Å²) in [4.78, 5) is 13.3. The van der Waals surface area contributed by atoms with Crippen LogP contribution in [0, 0.1) is 11.6 Å². The molecule has 12 heteroatoms. The molecular weight excluding hydrogens is 503 g/mol. The third-order valence-electron chi connectivity index (χ3n) is 5.34. The minimum Gasteiger partial charge on any atom is -0.483 e. The van der Waals surface area contributed by atoms with Crippen molar-refractivity contribution in [2.24, 2.45) is 0 Å². The molecule has 1 aromatic heterocycles. The van der Waals surface area contributed by atoms with Crippen LogP contribution in [0.2, 0.25) is 0 Å². The van der Waals surface area contributed by atoms with Crippen molar-refractivity contribution >= 4 is 33.3 Å². The molecule has 0 radical (unpaired) electrons. The topological polar surface area (TPSA) is 99.6 Å². The van der Waals surface area contributed by atoms with Crippen LogP contribution in [0.5, 0.6) is 0 Å². The maximum atomic E-state index is 14.6. The average molecular weight is 528 g/mol. The number of anilines is 1. The Labute approximate surface area is 205 Å². The summed E-state index contributed by atoms with van der Waals surface area (Å²) < 4.78 is 67.2. The minimum absolute atomic E-state index is 0.144. The lowest BCUT2D eigenvalue weighted by atomic mass is 10.0. The number of rotatable bonds is 9. The van der Waals surface area contributed by atoms with E-state index < -0.39 is 38.3 Å². The van der Waals surface area contributed by atoms with Crippen molar-refractivity contribution in [1.29, 1.82) is 0 Å². The Hall–Kier alpha value is -2.96. The first-order valence-electron chi connectivity index (χ1n) is 10.6. The fraction of sp³-hybridized carbons (Fsp3) is 0.304. The van der Waals surface area contributed by atoms with E-state index in [2.05, 4.69) is 10.3 Å². The van der Waals surface area contributed by atoms with Crippen LogP contribution in [0.3, 0.4) is 0 Å². The van der Waals surface area contributed by atoms with E-state index in [1.807, 2.05) is 29.2 Å². The second kappa shape index (κ2) is 12.1. The maximum absolute atomic E-state index is 14.6. The lowest BCUT2D eigenvalue weighted by Gasteiger charge is -2.34. The van der Waals surface area contributed by atoms with Crippen LogP contribution in [-0.4, -0.2) is 55.7 Å². The van der Waals surface area contributed by atoms with Gasteiger partial charge in [0.15, 0.2) is 9.84 Å². The number of thiazole rings is 1. The Morgan fingerprint density at radius 2 is 1.80 bits per heavy atom. The highest BCUT2D eigenvalue weighted by Crippen LogP contribution is 2.27. The summed E-state index contributed by atoms with van der Waals surface area (Å²) in [6.45, 7) is 1.71. The molecule has 4 rings (SSSR count). The standard InChI is InChI=1S/C22H22F3N3O2S2.CH2O2/c23-17-10-28(11-17)6-5-15-3-1-2-4-16(15)9-26-18-7-20(24)22(21(25)8-18)32(29,30)13-19-12-31-14-27-19;2-1-3/h1-4,7-8,12,14,17,26H,5-6,9-11,13H2;1H,(H,2,3). The molecule has 1 saturated heterocycles. The summed E-state index contributed by atoms with van der Waals surface area (Å²) in [5.41, 5.74) is 3.86. The SMILES string of the molecule is O=CO.O=S(=O)(Cc1cscn1)c1c(F)cc(NCc2ccccc2CCN2CC(F)C2)cc1F. The van der Waals surface area contributed by atoms with Crippen LogP contribution in [-0.2, 0) is 33.4 Å². The van der Waals surface area contributed by atoms with E-state index in [1.54, 1.807) is 0 Å². The smallest absolute Gasteiger partial charge is 0.290 e. The van der Waals surface area contributed by atoms with Crippen LogP contribution in [0.4, 0.5) is 18.9 Å².